The number of anilines is 1. The summed E-state index contributed by atoms with van der Waals surface area (Å²) in [6.07, 6.45) is 2.85. The third-order valence-electron chi connectivity index (χ3n) is 5.33. The maximum atomic E-state index is 12.8. The van der Waals surface area contributed by atoms with Crippen LogP contribution in [0.4, 0.5) is 5.69 Å². The molecule has 0 unspecified atom stereocenters. The fourth-order valence-electron chi connectivity index (χ4n) is 3.49. The van der Waals surface area contributed by atoms with Crippen molar-refractivity contribution in [3.63, 3.8) is 0 Å². The number of carbonyl (C=O) groups excluding carboxylic acids is 2. The molecule has 1 aliphatic rings. The Labute approximate surface area is 188 Å². The molecule has 2 aromatic carbocycles. The second kappa shape index (κ2) is 10.3. The standard InChI is InChI=1S/C23H27N3O5S/c1-3-14-24-22(27)17-12-15-26(16-13-17)23(28)18-4-6-19(7-5-18)25-32(29,30)21-10-8-20(31-2)9-11-21/h3-11,17,25H,1,12-16H2,2H3,(H,24,27). The first-order chi connectivity index (χ1) is 15.3. The van der Waals surface area contributed by atoms with Gasteiger partial charge in [-0.2, -0.15) is 0 Å². The normalized spacial score (nSPS) is 14.5. The Morgan fingerprint density at radius 3 is 2.28 bits per heavy atom. The van der Waals surface area contributed by atoms with Gasteiger partial charge in [0.2, 0.25) is 5.91 Å². The van der Waals surface area contributed by atoms with E-state index in [4.69, 9.17) is 4.74 Å². The van der Waals surface area contributed by atoms with Crippen LogP contribution in [0, 0.1) is 5.92 Å². The highest BCUT2D eigenvalue weighted by molar-refractivity contribution is 7.92. The Hall–Kier alpha value is -3.33. The molecule has 0 bridgehead atoms. The Kier molecular flexibility index (Phi) is 7.53. The highest BCUT2D eigenvalue weighted by Gasteiger charge is 2.27. The molecule has 2 aromatic rings. The summed E-state index contributed by atoms with van der Waals surface area (Å²) in [4.78, 5) is 26.7. The molecule has 3 rings (SSSR count). The molecule has 8 nitrogen and oxygen atoms in total. The van der Waals surface area contributed by atoms with Crippen molar-refractivity contribution < 1.29 is 22.7 Å². The van der Waals surface area contributed by atoms with Gasteiger partial charge in [-0.15, -0.1) is 6.58 Å². The minimum atomic E-state index is -3.76. The quantitative estimate of drug-likeness (QED) is 0.593. The van der Waals surface area contributed by atoms with Crippen LogP contribution in [-0.4, -0.2) is 51.9 Å². The van der Waals surface area contributed by atoms with Gasteiger partial charge >= 0.3 is 0 Å². The minimum Gasteiger partial charge on any atom is -0.497 e. The minimum absolute atomic E-state index is 0.00880. The maximum absolute atomic E-state index is 12.8. The van der Waals surface area contributed by atoms with Crippen molar-refractivity contribution >= 4 is 27.5 Å². The largest absolute Gasteiger partial charge is 0.497 e. The van der Waals surface area contributed by atoms with Crippen LogP contribution in [0.3, 0.4) is 0 Å². The average molecular weight is 458 g/mol. The summed E-state index contributed by atoms with van der Waals surface area (Å²) in [5.41, 5.74) is 0.821. The number of benzene rings is 2. The van der Waals surface area contributed by atoms with Crippen molar-refractivity contribution in [3.05, 3.63) is 66.7 Å². The summed E-state index contributed by atoms with van der Waals surface area (Å²) < 4.78 is 32.7. The van der Waals surface area contributed by atoms with Gasteiger partial charge in [0.25, 0.3) is 15.9 Å². The second-order valence-electron chi connectivity index (χ2n) is 7.46. The predicted molar refractivity (Wildman–Crippen MR) is 122 cm³/mol. The molecule has 0 saturated carbocycles. The van der Waals surface area contributed by atoms with Gasteiger partial charge in [-0.25, -0.2) is 8.42 Å². The number of hydrogen-bond donors (Lipinski definition) is 2. The first-order valence-corrected chi connectivity index (χ1v) is 11.8. The Balaban J connectivity index is 1.58. The third kappa shape index (κ3) is 5.67. The fourth-order valence-corrected chi connectivity index (χ4v) is 4.55. The van der Waals surface area contributed by atoms with Gasteiger partial charge in [-0.05, 0) is 61.4 Å². The van der Waals surface area contributed by atoms with Gasteiger partial charge in [-0.3, -0.25) is 14.3 Å². The van der Waals surface area contributed by atoms with Crippen LogP contribution in [0.5, 0.6) is 5.75 Å². The number of likely N-dealkylation sites (tertiary alicyclic amines) is 1. The third-order valence-corrected chi connectivity index (χ3v) is 6.72. The number of ether oxygens (including phenoxy) is 1. The lowest BCUT2D eigenvalue weighted by molar-refractivity contribution is -0.126. The zero-order chi connectivity index (χ0) is 23.1. The number of rotatable bonds is 8. The Morgan fingerprint density at radius 2 is 1.72 bits per heavy atom. The molecule has 32 heavy (non-hydrogen) atoms. The first kappa shape index (κ1) is 23.3. The van der Waals surface area contributed by atoms with Crippen molar-refractivity contribution in [2.75, 3.05) is 31.5 Å². The lowest BCUT2D eigenvalue weighted by Gasteiger charge is -2.31. The first-order valence-electron chi connectivity index (χ1n) is 10.3. The predicted octanol–water partition coefficient (Wildman–Crippen LogP) is 2.65. The number of nitrogens with one attached hydrogen (secondary N) is 2. The molecule has 1 fully saturated rings. The number of sulfonamides is 1. The molecule has 1 saturated heterocycles. The van der Waals surface area contributed by atoms with Gasteiger partial charge in [0.05, 0.1) is 12.0 Å². The summed E-state index contributed by atoms with van der Waals surface area (Å²) in [6, 6.07) is 12.4. The van der Waals surface area contributed by atoms with Gasteiger partial charge in [-0.1, -0.05) is 6.08 Å². The summed E-state index contributed by atoms with van der Waals surface area (Å²) in [5.74, 6) is 0.312. The van der Waals surface area contributed by atoms with Gasteiger partial charge in [0, 0.05) is 36.8 Å². The van der Waals surface area contributed by atoms with Crippen LogP contribution < -0.4 is 14.8 Å². The molecular formula is C23H27N3O5S. The SMILES string of the molecule is C=CCNC(=O)C1CCN(C(=O)c2ccc(NS(=O)(=O)c3ccc(OC)cc3)cc2)CC1. The van der Waals surface area contributed by atoms with Crippen molar-refractivity contribution in [3.8, 4) is 5.75 Å². The Bertz CT molecular complexity index is 1060. The maximum Gasteiger partial charge on any atom is 0.261 e. The summed E-state index contributed by atoms with van der Waals surface area (Å²) in [7, 11) is -2.25. The van der Waals surface area contributed by atoms with Crippen LogP contribution in [-0.2, 0) is 14.8 Å². The summed E-state index contributed by atoms with van der Waals surface area (Å²) in [5, 5.41) is 2.80. The van der Waals surface area contributed by atoms with E-state index in [1.165, 1.54) is 19.2 Å². The molecule has 0 atom stereocenters. The van der Waals surface area contributed by atoms with E-state index in [1.807, 2.05) is 0 Å². The summed E-state index contributed by atoms with van der Waals surface area (Å²) >= 11 is 0. The molecule has 170 valence electrons. The lowest BCUT2D eigenvalue weighted by atomic mass is 9.95. The molecule has 0 aromatic heterocycles. The van der Waals surface area contributed by atoms with Crippen LogP contribution in [0.2, 0.25) is 0 Å². The van der Waals surface area contributed by atoms with Crippen LogP contribution >= 0.6 is 0 Å². The number of amides is 2. The monoisotopic (exact) mass is 457 g/mol. The number of methoxy groups -OCH3 is 1. The molecule has 1 aliphatic heterocycles. The number of nitrogens with zero attached hydrogens (tertiary/aromatic N) is 1. The average Bonchev–Trinajstić information content (AvgIpc) is 2.82. The molecule has 0 spiro atoms. The molecule has 0 radical (unpaired) electrons. The number of hydrogen-bond acceptors (Lipinski definition) is 5. The highest BCUT2D eigenvalue weighted by atomic mass is 32.2. The van der Waals surface area contributed by atoms with Gasteiger partial charge in [0.1, 0.15) is 5.75 Å². The fraction of sp³-hybridized carbons (Fsp3) is 0.304. The van der Waals surface area contributed by atoms with E-state index in [0.717, 1.165) is 0 Å². The zero-order valence-electron chi connectivity index (χ0n) is 17.9. The highest BCUT2D eigenvalue weighted by Crippen LogP contribution is 2.22. The number of carbonyl (C=O) groups is 2. The van der Waals surface area contributed by atoms with E-state index in [1.54, 1.807) is 47.4 Å². The molecule has 2 N–H and O–H groups in total. The van der Waals surface area contributed by atoms with E-state index in [-0.39, 0.29) is 22.6 Å². The van der Waals surface area contributed by atoms with Gasteiger partial charge in [0.15, 0.2) is 0 Å². The molecule has 9 heteroatoms. The molecule has 1 heterocycles. The van der Waals surface area contributed by atoms with Crippen molar-refractivity contribution in [1.82, 2.24) is 10.2 Å². The summed E-state index contributed by atoms with van der Waals surface area (Å²) in [6.45, 7) is 5.01. The molecular weight excluding hydrogens is 430 g/mol. The molecule has 2 amide bonds. The smallest absolute Gasteiger partial charge is 0.261 e. The number of piperidine rings is 1. The lowest BCUT2D eigenvalue weighted by Crippen LogP contribution is -2.43. The van der Waals surface area contributed by atoms with E-state index in [9.17, 15) is 18.0 Å². The van der Waals surface area contributed by atoms with E-state index in [0.29, 0.717) is 49.5 Å². The second-order valence-corrected chi connectivity index (χ2v) is 9.14. The van der Waals surface area contributed by atoms with Crippen LogP contribution in [0.15, 0.2) is 66.1 Å². The van der Waals surface area contributed by atoms with Crippen molar-refractivity contribution in [1.29, 1.82) is 0 Å². The van der Waals surface area contributed by atoms with Crippen molar-refractivity contribution in [2.45, 2.75) is 17.7 Å². The Morgan fingerprint density at radius 1 is 1.09 bits per heavy atom. The van der Waals surface area contributed by atoms with E-state index in [2.05, 4.69) is 16.6 Å². The van der Waals surface area contributed by atoms with Crippen LogP contribution in [0.25, 0.3) is 0 Å². The van der Waals surface area contributed by atoms with Crippen molar-refractivity contribution in [2.24, 2.45) is 5.92 Å². The van der Waals surface area contributed by atoms with E-state index < -0.39 is 10.0 Å². The van der Waals surface area contributed by atoms with Gasteiger partial charge < -0.3 is 15.0 Å². The zero-order valence-corrected chi connectivity index (χ0v) is 18.7. The van der Waals surface area contributed by atoms with E-state index >= 15 is 0 Å². The topological polar surface area (TPSA) is 105 Å². The van der Waals surface area contributed by atoms with Crippen LogP contribution in [0.1, 0.15) is 23.2 Å². The molecule has 0 aliphatic carbocycles.